The van der Waals surface area contributed by atoms with Crippen molar-refractivity contribution < 1.29 is 9.90 Å². The fraction of sp³-hybridized carbons (Fsp3) is 0.278. The van der Waals surface area contributed by atoms with E-state index in [0.717, 1.165) is 35.1 Å². The Hall–Kier alpha value is -2.93. The van der Waals surface area contributed by atoms with Crippen LogP contribution in [0, 0.1) is 0 Å². The Morgan fingerprint density at radius 1 is 1.36 bits per heavy atom. The van der Waals surface area contributed by atoms with Crippen LogP contribution in [0.1, 0.15) is 16.9 Å². The van der Waals surface area contributed by atoms with E-state index in [4.69, 9.17) is 5.73 Å². The van der Waals surface area contributed by atoms with E-state index < -0.39 is 5.91 Å². The van der Waals surface area contributed by atoms with E-state index in [0.29, 0.717) is 12.1 Å². The number of pyridine rings is 1. The summed E-state index contributed by atoms with van der Waals surface area (Å²) in [6.07, 6.45) is 3.75. The lowest BCUT2D eigenvalue weighted by Gasteiger charge is -2.22. The molecular formula is C18H19N5O2. The maximum atomic E-state index is 11.8. The molecule has 1 fully saturated rings. The summed E-state index contributed by atoms with van der Waals surface area (Å²) in [6.45, 7) is 1.32. The van der Waals surface area contributed by atoms with E-state index in [-0.39, 0.29) is 11.8 Å². The predicted octanol–water partition coefficient (Wildman–Crippen LogP) is 1.31. The SMILES string of the molecule is Cn1ncc2cc(N3CC[C@H](O)C3)c(-c3cccnc3C(N)=O)cc21. The first kappa shape index (κ1) is 15.6. The fourth-order valence-electron chi connectivity index (χ4n) is 3.44. The number of primary amides is 1. The molecule has 1 amide bonds. The number of carbonyl (C=O) groups excluding carboxylic acids is 1. The highest BCUT2D eigenvalue weighted by atomic mass is 16.3. The molecule has 3 N–H and O–H groups in total. The van der Waals surface area contributed by atoms with E-state index in [1.54, 1.807) is 16.9 Å². The number of aliphatic hydroxyl groups is 1. The number of β-amino-alcohol motifs (C(OH)–C–C–N with tert-alkyl or cyclic N) is 1. The third-order valence-corrected chi connectivity index (χ3v) is 4.70. The van der Waals surface area contributed by atoms with Gasteiger partial charge in [-0.3, -0.25) is 14.5 Å². The first-order chi connectivity index (χ1) is 12.0. The third kappa shape index (κ3) is 2.62. The zero-order chi connectivity index (χ0) is 17.6. The van der Waals surface area contributed by atoms with Gasteiger partial charge in [-0.1, -0.05) is 6.07 Å². The normalized spacial score (nSPS) is 17.4. The molecule has 0 spiro atoms. The number of amides is 1. The lowest BCUT2D eigenvalue weighted by atomic mass is 9.99. The van der Waals surface area contributed by atoms with Gasteiger partial charge < -0.3 is 15.7 Å². The van der Waals surface area contributed by atoms with Crippen molar-refractivity contribution >= 4 is 22.5 Å². The molecule has 7 nitrogen and oxygen atoms in total. The number of aryl methyl sites for hydroxylation is 1. The molecule has 3 heterocycles. The van der Waals surface area contributed by atoms with Gasteiger partial charge in [-0.25, -0.2) is 0 Å². The number of nitrogens with two attached hydrogens (primary N) is 1. The van der Waals surface area contributed by atoms with Crippen molar-refractivity contribution in [2.45, 2.75) is 12.5 Å². The van der Waals surface area contributed by atoms with Gasteiger partial charge in [-0.15, -0.1) is 0 Å². The van der Waals surface area contributed by atoms with Gasteiger partial charge in [0.25, 0.3) is 5.91 Å². The molecule has 1 aliphatic rings. The summed E-state index contributed by atoms with van der Waals surface area (Å²) < 4.78 is 1.79. The number of fused-ring (bicyclic) bond motifs is 1. The first-order valence-corrected chi connectivity index (χ1v) is 8.18. The largest absolute Gasteiger partial charge is 0.391 e. The highest BCUT2D eigenvalue weighted by molar-refractivity contribution is 6.02. The van der Waals surface area contributed by atoms with Crippen molar-refractivity contribution in [2.75, 3.05) is 18.0 Å². The van der Waals surface area contributed by atoms with Crippen LogP contribution >= 0.6 is 0 Å². The van der Waals surface area contributed by atoms with Gasteiger partial charge in [-0.2, -0.15) is 5.10 Å². The lowest BCUT2D eigenvalue weighted by Crippen LogP contribution is -2.22. The van der Waals surface area contributed by atoms with Gasteiger partial charge in [0.15, 0.2) is 0 Å². The van der Waals surface area contributed by atoms with Gasteiger partial charge >= 0.3 is 0 Å². The Kier molecular flexibility index (Phi) is 3.65. The minimum atomic E-state index is -0.562. The summed E-state index contributed by atoms with van der Waals surface area (Å²) in [7, 11) is 1.88. The topological polar surface area (TPSA) is 97.3 Å². The molecule has 1 aromatic carbocycles. The highest BCUT2D eigenvalue weighted by Crippen LogP contribution is 2.37. The van der Waals surface area contributed by atoms with E-state index in [2.05, 4.69) is 15.0 Å². The Labute approximate surface area is 144 Å². The molecule has 1 saturated heterocycles. The number of anilines is 1. The number of carbonyl (C=O) groups is 1. The smallest absolute Gasteiger partial charge is 0.267 e. The number of aliphatic hydroxyl groups excluding tert-OH is 1. The van der Waals surface area contributed by atoms with E-state index >= 15 is 0 Å². The average molecular weight is 337 g/mol. The lowest BCUT2D eigenvalue weighted by molar-refractivity contribution is 0.0996. The molecule has 7 heteroatoms. The summed E-state index contributed by atoms with van der Waals surface area (Å²) in [5.74, 6) is -0.562. The summed E-state index contributed by atoms with van der Waals surface area (Å²) in [5, 5.41) is 15.3. The molecular weight excluding hydrogens is 318 g/mol. The maximum Gasteiger partial charge on any atom is 0.267 e. The molecule has 0 unspecified atom stereocenters. The Morgan fingerprint density at radius 3 is 2.92 bits per heavy atom. The van der Waals surface area contributed by atoms with Gasteiger partial charge in [0.1, 0.15) is 5.69 Å². The molecule has 0 saturated carbocycles. The molecule has 0 radical (unpaired) electrons. The highest BCUT2D eigenvalue weighted by Gasteiger charge is 2.25. The monoisotopic (exact) mass is 337 g/mol. The zero-order valence-electron chi connectivity index (χ0n) is 13.9. The summed E-state index contributed by atoms with van der Waals surface area (Å²) in [5.41, 5.74) is 9.23. The molecule has 1 aliphatic heterocycles. The molecule has 0 bridgehead atoms. The maximum absolute atomic E-state index is 11.8. The van der Waals surface area contributed by atoms with Crippen molar-refractivity contribution in [2.24, 2.45) is 12.8 Å². The second-order valence-corrected chi connectivity index (χ2v) is 6.35. The number of benzene rings is 1. The molecule has 0 aliphatic carbocycles. The quantitative estimate of drug-likeness (QED) is 0.751. The molecule has 25 heavy (non-hydrogen) atoms. The van der Waals surface area contributed by atoms with Gasteiger partial charge in [0.2, 0.25) is 0 Å². The molecule has 4 rings (SSSR count). The Balaban J connectivity index is 1.98. The minimum absolute atomic E-state index is 0.241. The number of rotatable bonds is 3. The van der Waals surface area contributed by atoms with Crippen molar-refractivity contribution in [1.29, 1.82) is 0 Å². The van der Waals surface area contributed by atoms with Crippen molar-refractivity contribution in [3.63, 3.8) is 0 Å². The molecule has 2 aromatic heterocycles. The summed E-state index contributed by atoms with van der Waals surface area (Å²) in [6, 6.07) is 7.69. The Morgan fingerprint density at radius 2 is 2.20 bits per heavy atom. The van der Waals surface area contributed by atoms with E-state index in [9.17, 15) is 9.90 Å². The van der Waals surface area contributed by atoms with Crippen LogP contribution in [-0.2, 0) is 7.05 Å². The van der Waals surface area contributed by atoms with Crippen LogP contribution in [-0.4, -0.2) is 45.0 Å². The standard InChI is InChI=1S/C18H19N5O2/c1-22-15-8-14(13-3-2-5-20-17(13)18(19)25)16(7-11(15)9-21-22)23-6-4-12(24)10-23/h2-3,5,7-9,12,24H,4,6,10H2,1H3,(H2,19,25)/t12-/m0/s1. The summed E-state index contributed by atoms with van der Waals surface area (Å²) >= 11 is 0. The number of hydrogen-bond donors (Lipinski definition) is 2. The molecule has 1 atom stereocenters. The van der Waals surface area contributed by atoms with Crippen LogP contribution in [0.3, 0.4) is 0 Å². The number of hydrogen-bond acceptors (Lipinski definition) is 5. The molecule has 3 aromatic rings. The van der Waals surface area contributed by atoms with Gasteiger partial charge in [-0.05, 0) is 24.6 Å². The predicted molar refractivity (Wildman–Crippen MR) is 95.3 cm³/mol. The van der Waals surface area contributed by atoms with Crippen LogP contribution < -0.4 is 10.6 Å². The summed E-state index contributed by atoms with van der Waals surface area (Å²) in [4.78, 5) is 18.1. The fourth-order valence-corrected chi connectivity index (χ4v) is 3.44. The van der Waals surface area contributed by atoms with Gasteiger partial charge in [0, 0.05) is 48.5 Å². The zero-order valence-corrected chi connectivity index (χ0v) is 13.9. The van der Waals surface area contributed by atoms with Crippen LogP contribution in [0.15, 0.2) is 36.7 Å². The minimum Gasteiger partial charge on any atom is -0.391 e. The second kappa shape index (κ2) is 5.86. The number of aromatic nitrogens is 3. The van der Waals surface area contributed by atoms with Crippen LogP contribution in [0.2, 0.25) is 0 Å². The van der Waals surface area contributed by atoms with Crippen molar-refractivity contribution in [3.8, 4) is 11.1 Å². The number of nitrogens with zero attached hydrogens (tertiary/aromatic N) is 4. The van der Waals surface area contributed by atoms with Crippen molar-refractivity contribution in [1.82, 2.24) is 14.8 Å². The van der Waals surface area contributed by atoms with Gasteiger partial charge in [0.05, 0.1) is 17.8 Å². The first-order valence-electron chi connectivity index (χ1n) is 8.18. The van der Waals surface area contributed by atoms with Crippen LogP contribution in [0.4, 0.5) is 5.69 Å². The van der Waals surface area contributed by atoms with Crippen LogP contribution in [0.5, 0.6) is 0 Å². The van der Waals surface area contributed by atoms with E-state index in [1.165, 1.54) is 0 Å². The van der Waals surface area contributed by atoms with Crippen molar-refractivity contribution in [3.05, 3.63) is 42.4 Å². The molecule has 128 valence electrons. The second-order valence-electron chi connectivity index (χ2n) is 6.35. The van der Waals surface area contributed by atoms with E-state index in [1.807, 2.05) is 31.4 Å². The Bertz CT molecular complexity index is 965. The average Bonchev–Trinajstić information content (AvgIpc) is 3.20. The third-order valence-electron chi connectivity index (χ3n) is 4.70. The van der Waals surface area contributed by atoms with Crippen LogP contribution in [0.25, 0.3) is 22.0 Å².